The van der Waals surface area contributed by atoms with Crippen LogP contribution in [0.4, 0.5) is 10.1 Å². The number of hydrogen-bond donors (Lipinski definition) is 1. The van der Waals surface area contributed by atoms with Gasteiger partial charge < -0.3 is 10.5 Å². The molecule has 0 aliphatic carbocycles. The zero-order valence-corrected chi connectivity index (χ0v) is 11.5. The first-order valence-electron chi connectivity index (χ1n) is 5.49. The van der Waals surface area contributed by atoms with Crippen LogP contribution in [0.15, 0.2) is 40.9 Å². The number of rotatable bonds is 3. The number of hydrogen-bond acceptors (Lipinski definition) is 2. The summed E-state index contributed by atoms with van der Waals surface area (Å²) in [5, 5.41) is 0. The van der Waals surface area contributed by atoms with Crippen molar-refractivity contribution >= 4 is 21.6 Å². The van der Waals surface area contributed by atoms with Crippen molar-refractivity contribution in [2.45, 2.75) is 13.5 Å². The van der Waals surface area contributed by atoms with E-state index in [1.54, 1.807) is 13.0 Å². The van der Waals surface area contributed by atoms with Gasteiger partial charge in [0.2, 0.25) is 0 Å². The van der Waals surface area contributed by atoms with Gasteiger partial charge in [-0.25, -0.2) is 4.39 Å². The molecule has 2 aromatic carbocycles. The lowest BCUT2D eigenvalue weighted by molar-refractivity contribution is 0.307. The van der Waals surface area contributed by atoms with Crippen LogP contribution in [0.5, 0.6) is 5.75 Å². The van der Waals surface area contributed by atoms with Crippen LogP contribution in [0.1, 0.15) is 11.1 Å². The van der Waals surface area contributed by atoms with E-state index in [0.717, 1.165) is 10.0 Å². The molecule has 0 heterocycles. The highest BCUT2D eigenvalue weighted by Crippen LogP contribution is 2.25. The lowest BCUT2D eigenvalue weighted by Gasteiger charge is -2.10. The predicted molar refractivity (Wildman–Crippen MR) is 74.0 cm³/mol. The van der Waals surface area contributed by atoms with Crippen molar-refractivity contribution in [2.75, 3.05) is 5.73 Å². The number of halogens is 2. The summed E-state index contributed by atoms with van der Waals surface area (Å²) in [4.78, 5) is 0. The van der Waals surface area contributed by atoms with Crippen molar-refractivity contribution in [3.8, 4) is 5.75 Å². The Hall–Kier alpha value is -1.55. The molecule has 0 saturated carbocycles. The second-order valence-electron chi connectivity index (χ2n) is 4.05. The van der Waals surface area contributed by atoms with Gasteiger partial charge in [-0.3, -0.25) is 0 Å². The van der Waals surface area contributed by atoms with Gasteiger partial charge in [0.15, 0.2) is 0 Å². The fourth-order valence-electron chi connectivity index (χ4n) is 1.54. The summed E-state index contributed by atoms with van der Waals surface area (Å²) >= 11 is 3.37. The summed E-state index contributed by atoms with van der Waals surface area (Å²) in [6.07, 6.45) is 0. The average Bonchev–Trinajstić information content (AvgIpc) is 2.34. The second-order valence-corrected chi connectivity index (χ2v) is 4.97. The SMILES string of the molecule is Cc1cc(OCc2ccc(Br)cc2)c(N)cc1F. The average molecular weight is 310 g/mol. The molecule has 0 fully saturated rings. The van der Waals surface area contributed by atoms with Gasteiger partial charge in [0.1, 0.15) is 18.2 Å². The molecule has 0 spiro atoms. The van der Waals surface area contributed by atoms with Crippen molar-refractivity contribution in [1.82, 2.24) is 0 Å². The monoisotopic (exact) mass is 309 g/mol. The second kappa shape index (κ2) is 5.40. The number of ether oxygens (including phenoxy) is 1. The Morgan fingerprint density at radius 2 is 1.89 bits per heavy atom. The van der Waals surface area contributed by atoms with E-state index in [-0.39, 0.29) is 5.82 Å². The first-order valence-corrected chi connectivity index (χ1v) is 6.28. The summed E-state index contributed by atoms with van der Waals surface area (Å²) in [6, 6.07) is 10.7. The van der Waals surface area contributed by atoms with Crippen LogP contribution < -0.4 is 10.5 Å². The maximum atomic E-state index is 13.2. The van der Waals surface area contributed by atoms with Gasteiger partial charge in [0.25, 0.3) is 0 Å². The lowest BCUT2D eigenvalue weighted by atomic mass is 10.2. The number of nitrogens with two attached hydrogens (primary N) is 1. The third-order valence-electron chi connectivity index (χ3n) is 2.60. The molecule has 0 aliphatic rings. The lowest BCUT2D eigenvalue weighted by Crippen LogP contribution is -2.00. The molecule has 0 aliphatic heterocycles. The van der Waals surface area contributed by atoms with Crippen LogP contribution in [0.3, 0.4) is 0 Å². The molecular formula is C14H13BrFNO. The highest BCUT2D eigenvalue weighted by Gasteiger charge is 2.06. The third-order valence-corrected chi connectivity index (χ3v) is 3.13. The predicted octanol–water partition coefficient (Wildman–Crippen LogP) is 4.06. The molecule has 0 radical (unpaired) electrons. The minimum atomic E-state index is -0.316. The summed E-state index contributed by atoms with van der Waals surface area (Å²) in [5.41, 5.74) is 7.57. The standard InChI is InChI=1S/C14H13BrFNO/c1-9-6-14(13(17)7-12(9)16)18-8-10-2-4-11(15)5-3-10/h2-7H,8,17H2,1H3. The Morgan fingerprint density at radius 1 is 1.22 bits per heavy atom. The summed E-state index contributed by atoms with van der Waals surface area (Å²) < 4.78 is 19.8. The molecule has 0 bridgehead atoms. The first kappa shape index (κ1) is 12.9. The summed E-state index contributed by atoms with van der Waals surface area (Å²) in [6.45, 7) is 2.09. The zero-order chi connectivity index (χ0) is 13.1. The molecule has 0 unspecified atom stereocenters. The molecule has 4 heteroatoms. The molecule has 2 nitrogen and oxygen atoms in total. The van der Waals surface area contributed by atoms with Crippen LogP contribution in [-0.2, 0) is 6.61 Å². The van der Waals surface area contributed by atoms with Gasteiger partial charge in [0.05, 0.1) is 5.69 Å². The van der Waals surface area contributed by atoms with Crippen molar-refractivity contribution in [3.63, 3.8) is 0 Å². The van der Waals surface area contributed by atoms with Crippen LogP contribution in [0, 0.1) is 12.7 Å². The van der Waals surface area contributed by atoms with E-state index in [0.29, 0.717) is 23.6 Å². The quantitative estimate of drug-likeness (QED) is 0.868. The fourth-order valence-corrected chi connectivity index (χ4v) is 1.80. The van der Waals surface area contributed by atoms with E-state index < -0.39 is 0 Å². The Kier molecular flexibility index (Phi) is 3.87. The van der Waals surface area contributed by atoms with Gasteiger partial charge in [-0.2, -0.15) is 0 Å². The molecule has 2 N–H and O–H groups in total. The van der Waals surface area contributed by atoms with E-state index in [1.807, 2.05) is 24.3 Å². The largest absolute Gasteiger partial charge is 0.487 e. The number of aryl methyl sites for hydroxylation is 1. The van der Waals surface area contributed by atoms with Gasteiger partial charge >= 0.3 is 0 Å². The Balaban J connectivity index is 2.10. The zero-order valence-electron chi connectivity index (χ0n) is 9.91. The molecule has 0 atom stereocenters. The van der Waals surface area contributed by atoms with Gasteiger partial charge in [-0.15, -0.1) is 0 Å². The highest BCUT2D eigenvalue weighted by atomic mass is 79.9. The van der Waals surface area contributed by atoms with E-state index in [9.17, 15) is 4.39 Å². The molecule has 0 aromatic heterocycles. The molecule has 2 aromatic rings. The van der Waals surface area contributed by atoms with Gasteiger partial charge in [-0.05, 0) is 36.2 Å². The Morgan fingerprint density at radius 3 is 2.56 bits per heavy atom. The van der Waals surface area contributed by atoms with E-state index >= 15 is 0 Å². The van der Waals surface area contributed by atoms with Gasteiger partial charge in [0, 0.05) is 10.5 Å². The number of benzene rings is 2. The smallest absolute Gasteiger partial charge is 0.143 e. The molecule has 0 amide bonds. The summed E-state index contributed by atoms with van der Waals surface area (Å²) in [7, 11) is 0. The topological polar surface area (TPSA) is 35.2 Å². The molecule has 2 rings (SSSR count). The van der Waals surface area contributed by atoms with Crippen LogP contribution in [0.2, 0.25) is 0 Å². The van der Waals surface area contributed by atoms with Crippen molar-refractivity contribution in [2.24, 2.45) is 0 Å². The number of anilines is 1. The van der Waals surface area contributed by atoms with Crippen LogP contribution in [0.25, 0.3) is 0 Å². The first-order chi connectivity index (χ1) is 8.56. The normalized spacial score (nSPS) is 10.4. The van der Waals surface area contributed by atoms with Crippen molar-refractivity contribution in [3.05, 3.63) is 57.8 Å². The minimum Gasteiger partial charge on any atom is -0.487 e. The maximum Gasteiger partial charge on any atom is 0.143 e. The Labute approximate surface area is 114 Å². The maximum absolute atomic E-state index is 13.2. The van der Waals surface area contributed by atoms with E-state index in [1.165, 1.54) is 6.07 Å². The van der Waals surface area contributed by atoms with E-state index in [4.69, 9.17) is 10.5 Å². The van der Waals surface area contributed by atoms with Crippen molar-refractivity contribution < 1.29 is 9.13 Å². The minimum absolute atomic E-state index is 0.315. The summed E-state index contributed by atoms with van der Waals surface area (Å²) in [5.74, 6) is 0.195. The highest BCUT2D eigenvalue weighted by molar-refractivity contribution is 9.10. The van der Waals surface area contributed by atoms with Gasteiger partial charge in [-0.1, -0.05) is 28.1 Å². The van der Waals surface area contributed by atoms with Crippen LogP contribution in [-0.4, -0.2) is 0 Å². The number of nitrogen functional groups attached to an aromatic ring is 1. The van der Waals surface area contributed by atoms with Crippen molar-refractivity contribution in [1.29, 1.82) is 0 Å². The van der Waals surface area contributed by atoms with Crippen LogP contribution >= 0.6 is 15.9 Å². The molecule has 18 heavy (non-hydrogen) atoms. The Bertz CT molecular complexity index is 554. The fraction of sp³-hybridized carbons (Fsp3) is 0.143. The molecule has 94 valence electrons. The van der Waals surface area contributed by atoms with E-state index in [2.05, 4.69) is 15.9 Å². The third kappa shape index (κ3) is 3.01. The molecular weight excluding hydrogens is 297 g/mol. The molecule has 0 saturated heterocycles.